The number of β-amino-alcohol motifs (C(OH)–C–C–N with tert-alkyl or cyclic N) is 1. The van der Waals surface area contributed by atoms with E-state index >= 15 is 0 Å². The number of likely N-dealkylation sites (tertiary alicyclic amines) is 1. The molecule has 0 spiro atoms. The van der Waals surface area contributed by atoms with E-state index in [-0.39, 0.29) is 12.5 Å². The number of aromatic amines is 1. The van der Waals surface area contributed by atoms with Gasteiger partial charge >= 0.3 is 0 Å². The van der Waals surface area contributed by atoms with Gasteiger partial charge in [-0.2, -0.15) is 15.4 Å². The number of hydrogen-bond donors (Lipinski definition) is 2. The molecule has 2 aromatic rings. The SMILES string of the molecule is Cc1ccc(C(=O)N2CCC[C@](O)(c3cn[nH]n3)C2)n1C. The standard InChI is InChI=1S/C14H19N5O2/c1-10-4-5-11(18(10)2)13(20)19-7-3-6-14(21,9-19)12-8-15-17-16-12/h4-5,8,21H,3,6-7,9H2,1-2H3,(H,15,16,17)/t14-/m1/s1. The van der Waals surface area contributed by atoms with Crippen LogP contribution in [-0.4, -0.2) is 49.0 Å². The predicted molar refractivity (Wildman–Crippen MR) is 75.6 cm³/mol. The first-order chi connectivity index (χ1) is 10.0. The van der Waals surface area contributed by atoms with E-state index in [1.54, 1.807) is 4.90 Å². The van der Waals surface area contributed by atoms with Crippen LogP contribution >= 0.6 is 0 Å². The van der Waals surface area contributed by atoms with Crippen molar-refractivity contribution in [2.75, 3.05) is 13.1 Å². The third-order valence-electron chi connectivity index (χ3n) is 4.24. The largest absolute Gasteiger partial charge is 0.382 e. The highest BCUT2D eigenvalue weighted by atomic mass is 16.3. The number of carbonyl (C=O) groups excluding carboxylic acids is 1. The molecule has 0 aliphatic carbocycles. The molecular formula is C14H19N5O2. The van der Waals surface area contributed by atoms with Crippen LogP contribution in [0.5, 0.6) is 0 Å². The molecule has 3 heterocycles. The Bertz CT molecular complexity index is 648. The molecule has 7 heteroatoms. The van der Waals surface area contributed by atoms with Crippen molar-refractivity contribution in [2.45, 2.75) is 25.4 Å². The van der Waals surface area contributed by atoms with Crippen molar-refractivity contribution in [2.24, 2.45) is 7.05 Å². The quantitative estimate of drug-likeness (QED) is 0.846. The summed E-state index contributed by atoms with van der Waals surface area (Å²) in [4.78, 5) is 14.3. The Morgan fingerprint density at radius 1 is 1.48 bits per heavy atom. The lowest BCUT2D eigenvalue weighted by molar-refractivity contribution is -0.0322. The monoisotopic (exact) mass is 289 g/mol. The highest BCUT2D eigenvalue weighted by Gasteiger charge is 2.39. The average molecular weight is 289 g/mol. The zero-order valence-corrected chi connectivity index (χ0v) is 12.2. The molecule has 0 aromatic carbocycles. The molecule has 0 bridgehead atoms. The highest BCUT2D eigenvalue weighted by Crippen LogP contribution is 2.30. The molecule has 2 aromatic heterocycles. The van der Waals surface area contributed by atoms with E-state index in [9.17, 15) is 9.90 Å². The minimum Gasteiger partial charge on any atom is -0.382 e. The minimum absolute atomic E-state index is 0.0628. The Labute approximate surface area is 122 Å². The Hall–Kier alpha value is -2.15. The summed E-state index contributed by atoms with van der Waals surface area (Å²) in [5.74, 6) is -0.0628. The van der Waals surface area contributed by atoms with Crippen LogP contribution in [0, 0.1) is 6.92 Å². The summed E-state index contributed by atoms with van der Waals surface area (Å²) in [6.45, 7) is 2.84. The summed E-state index contributed by atoms with van der Waals surface area (Å²) in [5.41, 5.74) is 1.03. The fraction of sp³-hybridized carbons (Fsp3) is 0.500. The summed E-state index contributed by atoms with van der Waals surface area (Å²) in [6.07, 6.45) is 2.83. The van der Waals surface area contributed by atoms with Crippen LogP contribution in [0.2, 0.25) is 0 Å². The van der Waals surface area contributed by atoms with Crippen LogP contribution in [0.4, 0.5) is 0 Å². The van der Waals surface area contributed by atoms with Gasteiger partial charge in [0.15, 0.2) is 0 Å². The Balaban J connectivity index is 1.83. The van der Waals surface area contributed by atoms with E-state index in [0.29, 0.717) is 24.4 Å². The van der Waals surface area contributed by atoms with Crippen molar-refractivity contribution in [3.05, 3.63) is 35.4 Å². The summed E-state index contributed by atoms with van der Waals surface area (Å²) in [6, 6.07) is 3.74. The Morgan fingerprint density at radius 3 is 2.90 bits per heavy atom. The van der Waals surface area contributed by atoms with Crippen LogP contribution in [0.1, 0.15) is 34.7 Å². The number of piperidine rings is 1. The molecule has 112 valence electrons. The van der Waals surface area contributed by atoms with Crippen LogP contribution in [-0.2, 0) is 12.6 Å². The number of aromatic nitrogens is 4. The second kappa shape index (κ2) is 5.00. The number of hydrogen-bond acceptors (Lipinski definition) is 4. The van der Waals surface area contributed by atoms with Gasteiger partial charge in [0.05, 0.1) is 12.7 Å². The maximum Gasteiger partial charge on any atom is 0.270 e. The third kappa shape index (κ3) is 2.33. The van der Waals surface area contributed by atoms with E-state index in [4.69, 9.17) is 0 Å². The molecule has 21 heavy (non-hydrogen) atoms. The lowest BCUT2D eigenvalue weighted by atomic mass is 9.90. The lowest BCUT2D eigenvalue weighted by Gasteiger charge is -2.38. The van der Waals surface area contributed by atoms with Gasteiger partial charge in [-0.1, -0.05) is 0 Å². The number of H-pyrrole nitrogens is 1. The number of carbonyl (C=O) groups is 1. The van der Waals surface area contributed by atoms with Gasteiger partial charge in [0, 0.05) is 19.3 Å². The Kier molecular flexibility index (Phi) is 3.29. The summed E-state index contributed by atoms with van der Waals surface area (Å²) >= 11 is 0. The smallest absolute Gasteiger partial charge is 0.270 e. The number of nitrogens with zero attached hydrogens (tertiary/aromatic N) is 4. The fourth-order valence-electron chi connectivity index (χ4n) is 2.83. The molecule has 1 amide bonds. The van der Waals surface area contributed by atoms with Gasteiger partial charge in [0.1, 0.15) is 17.0 Å². The average Bonchev–Trinajstić information content (AvgIpc) is 3.11. The molecule has 0 saturated carbocycles. The second-order valence-corrected chi connectivity index (χ2v) is 5.64. The highest BCUT2D eigenvalue weighted by molar-refractivity contribution is 5.93. The van der Waals surface area contributed by atoms with Crippen molar-refractivity contribution in [1.82, 2.24) is 24.9 Å². The predicted octanol–water partition coefficient (Wildman–Crippen LogP) is 0.575. The number of aliphatic hydroxyl groups is 1. The first-order valence-electron chi connectivity index (χ1n) is 7.01. The molecule has 7 nitrogen and oxygen atoms in total. The van der Waals surface area contributed by atoms with Crippen molar-refractivity contribution >= 4 is 5.91 Å². The molecule has 0 unspecified atom stereocenters. The summed E-state index contributed by atoms with van der Waals surface area (Å²) in [5, 5.41) is 21.0. The zero-order valence-electron chi connectivity index (χ0n) is 12.2. The van der Waals surface area contributed by atoms with Gasteiger partial charge in [-0.05, 0) is 31.9 Å². The number of nitrogens with one attached hydrogen (secondary N) is 1. The maximum atomic E-state index is 12.6. The van der Waals surface area contributed by atoms with E-state index < -0.39 is 5.60 Å². The van der Waals surface area contributed by atoms with Crippen LogP contribution in [0.15, 0.2) is 18.3 Å². The van der Waals surface area contributed by atoms with Crippen molar-refractivity contribution in [1.29, 1.82) is 0 Å². The van der Waals surface area contributed by atoms with Crippen LogP contribution < -0.4 is 0 Å². The molecule has 2 N–H and O–H groups in total. The maximum absolute atomic E-state index is 12.6. The third-order valence-corrected chi connectivity index (χ3v) is 4.24. The van der Waals surface area contributed by atoms with Gasteiger partial charge in [-0.25, -0.2) is 0 Å². The first-order valence-corrected chi connectivity index (χ1v) is 7.01. The van der Waals surface area contributed by atoms with Crippen molar-refractivity contribution < 1.29 is 9.90 Å². The molecule has 0 radical (unpaired) electrons. The van der Waals surface area contributed by atoms with Gasteiger partial charge in [0.25, 0.3) is 5.91 Å². The van der Waals surface area contributed by atoms with E-state index in [2.05, 4.69) is 15.4 Å². The van der Waals surface area contributed by atoms with Gasteiger partial charge < -0.3 is 14.6 Å². The molecule has 1 saturated heterocycles. The number of aryl methyl sites for hydroxylation is 1. The number of rotatable bonds is 2. The molecule has 1 atom stereocenters. The van der Waals surface area contributed by atoms with Crippen molar-refractivity contribution in [3.63, 3.8) is 0 Å². The first kappa shape index (κ1) is 13.8. The van der Waals surface area contributed by atoms with Gasteiger partial charge in [-0.3, -0.25) is 4.79 Å². The Morgan fingerprint density at radius 2 is 2.29 bits per heavy atom. The van der Waals surface area contributed by atoms with E-state index in [1.807, 2.05) is 30.7 Å². The second-order valence-electron chi connectivity index (χ2n) is 5.64. The normalized spacial score (nSPS) is 22.5. The molecular weight excluding hydrogens is 270 g/mol. The van der Waals surface area contributed by atoms with E-state index in [0.717, 1.165) is 12.1 Å². The summed E-state index contributed by atoms with van der Waals surface area (Å²) in [7, 11) is 1.87. The van der Waals surface area contributed by atoms with Gasteiger partial charge in [0.2, 0.25) is 0 Å². The zero-order chi connectivity index (χ0) is 15.0. The fourth-order valence-corrected chi connectivity index (χ4v) is 2.83. The molecule has 3 rings (SSSR count). The molecule has 1 fully saturated rings. The lowest BCUT2D eigenvalue weighted by Crippen LogP contribution is -2.49. The summed E-state index contributed by atoms with van der Waals surface area (Å²) < 4.78 is 1.87. The minimum atomic E-state index is -1.12. The van der Waals surface area contributed by atoms with E-state index in [1.165, 1.54) is 6.20 Å². The molecule has 1 aliphatic rings. The van der Waals surface area contributed by atoms with Crippen molar-refractivity contribution in [3.8, 4) is 0 Å². The number of amides is 1. The molecule has 1 aliphatic heterocycles. The topological polar surface area (TPSA) is 87.0 Å². The van der Waals surface area contributed by atoms with Crippen LogP contribution in [0.3, 0.4) is 0 Å². The van der Waals surface area contributed by atoms with Gasteiger partial charge in [-0.15, -0.1) is 0 Å². The van der Waals surface area contributed by atoms with Crippen LogP contribution in [0.25, 0.3) is 0 Å².